The predicted octanol–water partition coefficient (Wildman–Crippen LogP) is 5.27. The van der Waals surface area contributed by atoms with Crippen LogP contribution in [0.1, 0.15) is 12.0 Å². The molecule has 11 heteroatoms. The highest BCUT2D eigenvalue weighted by Crippen LogP contribution is 2.50. The summed E-state index contributed by atoms with van der Waals surface area (Å²) < 4.78 is 41.9. The van der Waals surface area contributed by atoms with Gasteiger partial charge in [-0.2, -0.15) is 13.2 Å². The highest BCUT2D eigenvalue weighted by Gasteiger charge is 2.62. The number of benzene rings is 1. The summed E-state index contributed by atoms with van der Waals surface area (Å²) in [6.45, 7) is 0. The van der Waals surface area contributed by atoms with Gasteiger partial charge in [-0.15, -0.1) is 16.5 Å². The second-order valence-electron chi connectivity index (χ2n) is 5.96. The Morgan fingerprint density at radius 1 is 1.26 bits per heavy atom. The number of alkyl halides is 4. The van der Waals surface area contributed by atoms with Gasteiger partial charge in [-0.05, 0) is 29.8 Å². The summed E-state index contributed by atoms with van der Waals surface area (Å²) in [5, 5.41) is 5.70. The van der Waals surface area contributed by atoms with E-state index in [2.05, 4.69) is 15.9 Å². The van der Waals surface area contributed by atoms with Gasteiger partial charge in [0.1, 0.15) is 0 Å². The molecule has 27 heavy (non-hydrogen) atoms. The summed E-state index contributed by atoms with van der Waals surface area (Å²) in [4.78, 5) is 15.3. The Kier molecular flexibility index (Phi) is 5.42. The first-order valence-corrected chi connectivity index (χ1v) is 8.76. The van der Waals surface area contributed by atoms with Crippen LogP contribution >= 0.6 is 34.8 Å². The Bertz CT molecular complexity index is 837. The van der Waals surface area contributed by atoms with E-state index < -0.39 is 29.6 Å². The van der Waals surface area contributed by atoms with Gasteiger partial charge in [-0.1, -0.05) is 40.5 Å². The third-order valence-corrected chi connectivity index (χ3v) is 5.07. The Balaban J connectivity index is 1.97. The monoisotopic (exact) mass is 439 g/mol. The van der Waals surface area contributed by atoms with Crippen LogP contribution in [0.5, 0.6) is 0 Å². The maximum atomic E-state index is 14.0. The minimum Gasteiger partial charge on any atom is -0.374 e. The van der Waals surface area contributed by atoms with Gasteiger partial charge >= 0.3 is 6.18 Å². The maximum Gasteiger partial charge on any atom is 0.435 e. The molecule has 0 saturated carbocycles. The fraction of sp³-hybridized carbons (Fsp3) is 0.312. The van der Waals surface area contributed by atoms with Crippen LogP contribution in [-0.4, -0.2) is 23.3 Å². The van der Waals surface area contributed by atoms with Gasteiger partial charge in [0, 0.05) is 22.0 Å². The molecule has 1 aliphatic heterocycles. The Hall–Kier alpha value is -1.77. The summed E-state index contributed by atoms with van der Waals surface area (Å²) in [7, 11) is 0. The average molecular weight is 441 g/mol. The van der Waals surface area contributed by atoms with E-state index in [0.29, 0.717) is 5.57 Å². The minimum atomic E-state index is -4.79. The van der Waals surface area contributed by atoms with E-state index in [1.165, 1.54) is 24.3 Å². The highest BCUT2D eigenvalue weighted by molar-refractivity contribution is 6.34. The molecule has 144 valence electrons. The second-order valence-corrected chi connectivity index (χ2v) is 7.34. The topological polar surface area (TPSA) is 63.0 Å². The summed E-state index contributed by atoms with van der Waals surface area (Å²) in [5.74, 6) is 0. The molecule has 0 fully saturated rings. The van der Waals surface area contributed by atoms with Crippen LogP contribution in [0.15, 0.2) is 52.4 Å². The van der Waals surface area contributed by atoms with Crippen molar-refractivity contribution < 1.29 is 18.0 Å². The molecule has 0 bridgehead atoms. The SMILES string of the molecule is O=NNC1C=C(C2=NOC(c3cc(Cl)cc(Cl)c3)(C(F)(F)F)C2)C=CC1Cl. The number of hydrogen-bond donors (Lipinski definition) is 1. The van der Waals surface area contributed by atoms with E-state index in [1.807, 2.05) is 0 Å². The Morgan fingerprint density at radius 3 is 2.52 bits per heavy atom. The Morgan fingerprint density at radius 2 is 1.93 bits per heavy atom. The van der Waals surface area contributed by atoms with Crippen LogP contribution in [0.2, 0.25) is 10.0 Å². The molecule has 3 atom stereocenters. The first kappa shape index (κ1) is 20.0. The van der Waals surface area contributed by atoms with Crippen molar-refractivity contribution in [3.8, 4) is 0 Å². The maximum absolute atomic E-state index is 14.0. The van der Waals surface area contributed by atoms with Gasteiger partial charge in [0.2, 0.25) is 0 Å². The van der Waals surface area contributed by atoms with Crippen molar-refractivity contribution in [3.05, 3.63) is 62.5 Å². The highest BCUT2D eigenvalue weighted by atomic mass is 35.5. The predicted molar refractivity (Wildman–Crippen MR) is 96.9 cm³/mol. The summed E-state index contributed by atoms with van der Waals surface area (Å²) in [6.07, 6.45) is -0.884. The average Bonchev–Trinajstić information content (AvgIpc) is 3.03. The first-order chi connectivity index (χ1) is 12.7. The molecular formula is C16H11Cl3F3N3O2. The van der Waals surface area contributed by atoms with Crippen LogP contribution in [0, 0.1) is 4.91 Å². The molecule has 2 aliphatic rings. The van der Waals surface area contributed by atoms with Crippen molar-refractivity contribution in [2.45, 2.75) is 29.6 Å². The molecule has 1 heterocycles. The number of oxime groups is 1. The molecule has 1 aromatic carbocycles. The van der Waals surface area contributed by atoms with Crippen molar-refractivity contribution in [1.82, 2.24) is 5.43 Å². The number of hydrogen-bond acceptors (Lipinski definition) is 4. The van der Waals surface area contributed by atoms with E-state index in [9.17, 15) is 18.1 Å². The van der Waals surface area contributed by atoms with Gasteiger partial charge in [0.15, 0.2) is 0 Å². The zero-order valence-electron chi connectivity index (χ0n) is 13.3. The number of nitrogens with zero attached hydrogens (tertiary/aromatic N) is 2. The van der Waals surface area contributed by atoms with Crippen LogP contribution in [-0.2, 0) is 10.4 Å². The number of nitroso groups, excluding NO2 is 1. The van der Waals surface area contributed by atoms with Crippen molar-refractivity contribution in [1.29, 1.82) is 0 Å². The summed E-state index contributed by atoms with van der Waals surface area (Å²) in [6, 6.07) is 2.91. The fourth-order valence-electron chi connectivity index (χ4n) is 2.86. The third kappa shape index (κ3) is 3.79. The first-order valence-electron chi connectivity index (χ1n) is 7.57. The molecule has 0 saturated heterocycles. The number of allylic oxidation sites excluding steroid dienone is 2. The molecule has 5 nitrogen and oxygen atoms in total. The number of halogens is 6. The van der Waals surface area contributed by atoms with E-state index in [1.54, 1.807) is 0 Å². The van der Waals surface area contributed by atoms with Crippen LogP contribution in [0.25, 0.3) is 0 Å². The Labute approximate surface area is 166 Å². The largest absolute Gasteiger partial charge is 0.435 e. The van der Waals surface area contributed by atoms with Crippen LogP contribution in [0.4, 0.5) is 13.2 Å². The summed E-state index contributed by atoms with van der Waals surface area (Å²) >= 11 is 17.8. The molecule has 1 aliphatic carbocycles. The van der Waals surface area contributed by atoms with Gasteiger partial charge in [0.25, 0.3) is 5.60 Å². The molecule has 0 aromatic heterocycles. The number of nitrogens with one attached hydrogen (secondary N) is 1. The fourth-order valence-corrected chi connectivity index (χ4v) is 3.59. The smallest absolute Gasteiger partial charge is 0.374 e. The normalized spacial score (nSPS) is 27.6. The zero-order valence-corrected chi connectivity index (χ0v) is 15.6. The molecule has 3 unspecified atom stereocenters. The van der Waals surface area contributed by atoms with E-state index in [4.69, 9.17) is 39.6 Å². The van der Waals surface area contributed by atoms with Gasteiger partial charge in [-0.3, -0.25) is 5.43 Å². The standard InChI is InChI=1S/C16H11Cl3F3N3O2/c17-10-4-9(5-11(18)6-10)15(16(20,21)22)7-14(24-27-15)8-1-2-12(19)13(3-8)23-25-26/h1-6,12-13H,7H2,(H,23,26). The van der Waals surface area contributed by atoms with Gasteiger partial charge in [-0.25, -0.2) is 0 Å². The minimum absolute atomic E-state index is 0.0425. The van der Waals surface area contributed by atoms with Gasteiger partial charge < -0.3 is 4.84 Å². The van der Waals surface area contributed by atoms with Crippen molar-refractivity contribution in [2.75, 3.05) is 0 Å². The lowest BCUT2D eigenvalue weighted by molar-refractivity contribution is -0.275. The third-order valence-electron chi connectivity index (χ3n) is 4.21. The van der Waals surface area contributed by atoms with Gasteiger partial charge in [0.05, 0.1) is 22.4 Å². The van der Waals surface area contributed by atoms with E-state index >= 15 is 0 Å². The molecule has 0 spiro atoms. The van der Waals surface area contributed by atoms with E-state index in [0.717, 1.165) is 12.1 Å². The molecular weight excluding hydrogens is 430 g/mol. The van der Waals surface area contributed by atoms with E-state index in [-0.39, 0.29) is 21.3 Å². The van der Waals surface area contributed by atoms with Crippen LogP contribution in [0.3, 0.4) is 0 Å². The molecule has 1 aromatic rings. The molecule has 0 amide bonds. The van der Waals surface area contributed by atoms with Crippen molar-refractivity contribution >= 4 is 40.5 Å². The second kappa shape index (κ2) is 7.33. The molecule has 1 N–H and O–H groups in total. The lowest BCUT2D eigenvalue weighted by atomic mass is 9.85. The van der Waals surface area contributed by atoms with Crippen molar-refractivity contribution in [3.63, 3.8) is 0 Å². The summed E-state index contributed by atoms with van der Waals surface area (Å²) in [5.41, 5.74) is -0.360. The molecule has 3 rings (SSSR count). The quantitative estimate of drug-likeness (QED) is 0.394. The van der Waals surface area contributed by atoms with Crippen LogP contribution < -0.4 is 5.43 Å². The van der Waals surface area contributed by atoms with Crippen molar-refractivity contribution in [2.24, 2.45) is 10.4 Å². The number of rotatable bonds is 4. The lowest BCUT2D eigenvalue weighted by Gasteiger charge is -2.30. The molecule has 0 radical (unpaired) electrons. The zero-order chi connectivity index (χ0) is 19.8. The lowest BCUT2D eigenvalue weighted by Crippen LogP contribution is -2.43.